The number of nitrogens with zero attached hydrogens (tertiary/aromatic N) is 1. The molecular formula is C58H37NS. The molecule has 0 atom stereocenters. The van der Waals surface area contributed by atoms with Crippen molar-refractivity contribution < 1.29 is 0 Å². The highest BCUT2D eigenvalue weighted by Crippen LogP contribution is 2.43. The van der Waals surface area contributed by atoms with Gasteiger partial charge in [0.2, 0.25) is 0 Å². The van der Waals surface area contributed by atoms with Gasteiger partial charge in [-0.15, -0.1) is 11.3 Å². The Morgan fingerprint density at radius 2 is 0.783 bits per heavy atom. The third-order valence-electron chi connectivity index (χ3n) is 12.2. The minimum Gasteiger partial charge on any atom is -0.310 e. The van der Waals surface area contributed by atoms with Crippen molar-refractivity contribution in [3.8, 4) is 33.4 Å². The largest absolute Gasteiger partial charge is 0.310 e. The lowest BCUT2D eigenvalue weighted by Crippen LogP contribution is -2.10. The Morgan fingerprint density at radius 3 is 1.52 bits per heavy atom. The zero-order valence-electron chi connectivity index (χ0n) is 32.7. The average Bonchev–Trinajstić information content (AvgIpc) is 3.71. The number of thiophene rings is 1. The van der Waals surface area contributed by atoms with E-state index in [1.54, 1.807) is 0 Å². The van der Waals surface area contributed by atoms with E-state index in [0.717, 1.165) is 17.1 Å². The first-order valence-corrected chi connectivity index (χ1v) is 21.4. The second kappa shape index (κ2) is 14.1. The lowest BCUT2D eigenvalue weighted by atomic mass is 9.92. The molecule has 0 aliphatic carbocycles. The number of hydrogen-bond donors (Lipinski definition) is 0. The Morgan fingerprint density at radius 1 is 0.267 bits per heavy atom. The Bertz CT molecular complexity index is 3560. The zero-order chi connectivity index (χ0) is 39.6. The van der Waals surface area contributed by atoms with E-state index in [4.69, 9.17) is 0 Å². The third-order valence-corrected chi connectivity index (χ3v) is 13.5. The Kier molecular flexibility index (Phi) is 8.11. The van der Waals surface area contributed by atoms with E-state index in [2.05, 4.69) is 229 Å². The molecule has 0 fully saturated rings. The molecule has 0 amide bonds. The number of rotatable bonds is 6. The van der Waals surface area contributed by atoms with Crippen LogP contribution >= 0.6 is 11.3 Å². The van der Waals surface area contributed by atoms with E-state index in [-0.39, 0.29) is 0 Å². The van der Waals surface area contributed by atoms with E-state index in [1.165, 1.54) is 96.6 Å². The molecule has 12 aromatic rings. The maximum absolute atomic E-state index is 2.39. The summed E-state index contributed by atoms with van der Waals surface area (Å²) in [4.78, 5) is 2.39. The van der Waals surface area contributed by atoms with Crippen LogP contribution in [0.3, 0.4) is 0 Å². The molecular weight excluding hydrogens is 743 g/mol. The van der Waals surface area contributed by atoms with Gasteiger partial charge in [0, 0.05) is 37.2 Å². The second-order valence-electron chi connectivity index (χ2n) is 15.7. The maximum Gasteiger partial charge on any atom is 0.0467 e. The van der Waals surface area contributed by atoms with Crippen LogP contribution in [0.4, 0.5) is 17.1 Å². The molecule has 1 nitrogen and oxygen atoms in total. The second-order valence-corrected chi connectivity index (χ2v) is 16.7. The summed E-state index contributed by atoms with van der Waals surface area (Å²) in [6, 6.07) is 82.5. The van der Waals surface area contributed by atoms with Gasteiger partial charge in [-0.3, -0.25) is 0 Å². The minimum atomic E-state index is 1.10. The minimum absolute atomic E-state index is 1.10. The van der Waals surface area contributed by atoms with Gasteiger partial charge >= 0.3 is 0 Å². The summed E-state index contributed by atoms with van der Waals surface area (Å²) in [5, 5.41) is 12.9. The molecule has 0 aliphatic heterocycles. The van der Waals surface area contributed by atoms with Gasteiger partial charge in [-0.25, -0.2) is 0 Å². The molecule has 0 bridgehead atoms. The lowest BCUT2D eigenvalue weighted by molar-refractivity contribution is 1.28. The van der Waals surface area contributed by atoms with Crippen LogP contribution in [0.5, 0.6) is 0 Å². The van der Waals surface area contributed by atoms with Crippen LogP contribution in [-0.4, -0.2) is 0 Å². The summed E-state index contributed by atoms with van der Waals surface area (Å²) < 4.78 is 2.65. The number of fused-ring (bicyclic) bond motifs is 10. The fourth-order valence-electron chi connectivity index (χ4n) is 9.30. The molecule has 12 rings (SSSR count). The fourth-order valence-corrected chi connectivity index (χ4v) is 10.5. The molecule has 0 saturated heterocycles. The molecule has 0 aliphatic rings. The highest BCUT2D eigenvalue weighted by molar-refractivity contribution is 7.26. The predicted octanol–water partition coefficient (Wildman–Crippen LogP) is 17.1. The quantitative estimate of drug-likeness (QED) is 0.152. The number of hydrogen-bond acceptors (Lipinski definition) is 2. The standard InChI is InChI=1S/C58H37NS/c1-2-12-41-35-43(24-23-38(41)11-1)42-13-9-14-47(36-42)59(46-32-27-40(28-33-46)48-20-10-21-55-54-19-7-8-22-57(54)60-58(48)55)45-30-25-39(26-31-45)44-29-34-53-51-17-4-3-15-49(51)50-16-5-6-18-52(50)56(53)37-44/h1-37H. The van der Waals surface area contributed by atoms with E-state index >= 15 is 0 Å². The van der Waals surface area contributed by atoms with Crippen molar-refractivity contribution in [3.05, 3.63) is 224 Å². The highest BCUT2D eigenvalue weighted by atomic mass is 32.1. The summed E-state index contributed by atoms with van der Waals surface area (Å²) in [7, 11) is 0. The summed E-state index contributed by atoms with van der Waals surface area (Å²) in [6.07, 6.45) is 0. The molecule has 0 spiro atoms. The molecule has 0 saturated carbocycles. The van der Waals surface area contributed by atoms with E-state index in [9.17, 15) is 0 Å². The van der Waals surface area contributed by atoms with Gasteiger partial charge in [0.05, 0.1) is 0 Å². The van der Waals surface area contributed by atoms with Gasteiger partial charge in [0.1, 0.15) is 0 Å². The van der Waals surface area contributed by atoms with Crippen molar-refractivity contribution >= 4 is 91.7 Å². The highest BCUT2D eigenvalue weighted by Gasteiger charge is 2.17. The SMILES string of the molecule is c1cc(-c2ccc3ccccc3c2)cc(N(c2ccc(-c3ccc4c5ccccc5c5ccccc5c4c3)cc2)c2ccc(-c3cccc4c3sc3ccccc34)cc2)c1. The van der Waals surface area contributed by atoms with Crippen molar-refractivity contribution in [3.63, 3.8) is 0 Å². The molecule has 1 heterocycles. The van der Waals surface area contributed by atoms with Gasteiger partial charge < -0.3 is 4.90 Å². The third kappa shape index (κ3) is 5.76. The molecule has 0 N–H and O–H groups in total. The predicted molar refractivity (Wildman–Crippen MR) is 260 cm³/mol. The first kappa shape index (κ1) is 34.5. The molecule has 60 heavy (non-hydrogen) atoms. The number of anilines is 3. The summed E-state index contributed by atoms with van der Waals surface area (Å²) in [5.41, 5.74) is 10.6. The molecule has 0 radical (unpaired) electrons. The van der Waals surface area contributed by atoms with Crippen LogP contribution in [0.15, 0.2) is 224 Å². The number of benzene rings is 11. The molecule has 2 heteroatoms. The van der Waals surface area contributed by atoms with Gasteiger partial charge in [0.15, 0.2) is 0 Å². The van der Waals surface area contributed by atoms with Crippen LogP contribution in [0.25, 0.3) is 96.6 Å². The fraction of sp³-hybridized carbons (Fsp3) is 0. The summed E-state index contributed by atoms with van der Waals surface area (Å²) in [6.45, 7) is 0. The van der Waals surface area contributed by atoms with E-state index in [0.29, 0.717) is 0 Å². The maximum atomic E-state index is 2.39. The lowest BCUT2D eigenvalue weighted by Gasteiger charge is -2.26. The monoisotopic (exact) mass is 779 g/mol. The Labute approximate surface area is 352 Å². The summed E-state index contributed by atoms with van der Waals surface area (Å²) >= 11 is 1.88. The van der Waals surface area contributed by atoms with Crippen LogP contribution in [0.1, 0.15) is 0 Å². The molecule has 0 unspecified atom stereocenters. The Balaban J connectivity index is 0.965. The van der Waals surface area contributed by atoms with E-state index < -0.39 is 0 Å². The van der Waals surface area contributed by atoms with Crippen molar-refractivity contribution in [2.45, 2.75) is 0 Å². The van der Waals surface area contributed by atoms with Gasteiger partial charge in [0.25, 0.3) is 0 Å². The van der Waals surface area contributed by atoms with Gasteiger partial charge in [-0.2, -0.15) is 0 Å². The van der Waals surface area contributed by atoms with Crippen LogP contribution < -0.4 is 4.90 Å². The Hall–Kier alpha value is -7.52. The molecule has 280 valence electrons. The van der Waals surface area contributed by atoms with E-state index in [1.807, 2.05) is 11.3 Å². The van der Waals surface area contributed by atoms with Crippen LogP contribution in [0, 0.1) is 0 Å². The van der Waals surface area contributed by atoms with Gasteiger partial charge in [-0.05, 0) is 131 Å². The van der Waals surface area contributed by atoms with Crippen molar-refractivity contribution in [2.75, 3.05) is 4.90 Å². The first-order chi connectivity index (χ1) is 29.7. The first-order valence-electron chi connectivity index (χ1n) is 20.6. The molecule has 11 aromatic carbocycles. The smallest absolute Gasteiger partial charge is 0.0467 e. The van der Waals surface area contributed by atoms with Crippen molar-refractivity contribution in [1.82, 2.24) is 0 Å². The zero-order valence-corrected chi connectivity index (χ0v) is 33.5. The molecule has 1 aromatic heterocycles. The summed E-state index contributed by atoms with van der Waals surface area (Å²) in [5.74, 6) is 0. The van der Waals surface area contributed by atoms with Crippen LogP contribution in [0.2, 0.25) is 0 Å². The average molecular weight is 780 g/mol. The normalized spacial score (nSPS) is 11.7. The van der Waals surface area contributed by atoms with Gasteiger partial charge in [-0.1, -0.05) is 170 Å². The van der Waals surface area contributed by atoms with Crippen molar-refractivity contribution in [2.24, 2.45) is 0 Å². The van der Waals surface area contributed by atoms with Crippen molar-refractivity contribution in [1.29, 1.82) is 0 Å². The topological polar surface area (TPSA) is 3.24 Å². The van der Waals surface area contributed by atoms with Crippen LogP contribution in [-0.2, 0) is 0 Å².